The van der Waals surface area contributed by atoms with E-state index in [0.717, 1.165) is 0 Å². The summed E-state index contributed by atoms with van der Waals surface area (Å²) in [6, 6.07) is 11.8. The number of aliphatic carboxylic acids is 1. The van der Waals surface area contributed by atoms with Gasteiger partial charge < -0.3 is 10.2 Å². The average molecular weight is 401 g/mol. The van der Waals surface area contributed by atoms with E-state index < -0.39 is 39.0 Å². The lowest BCUT2D eigenvalue weighted by molar-refractivity contribution is -0.145. The Bertz CT molecular complexity index is 909. The average Bonchev–Trinajstić information content (AvgIpc) is 3.27. The van der Waals surface area contributed by atoms with E-state index >= 15 is 0 Å². The van der Waals surface area contributed by atoms with Crippen molar-refractivity contribution in [3.8, 4) is 0 Å². The van der Waals surface area contributed by atoms with E-state index in [2.05, 4.69) is 0 Å². The maximum Gasteiger partial charge on any atom is 0.314 e. The number of halogens is 2. The Morgan fingerprint density at radius 1 is 1.00 bits per heavy atom. The highest BCUT2D eigenvalue weighted by Crippen LogP contribution is 2.64. The van der Waals surface area contributed by atoms with Crippen molar-refractivity contribution in [2.75, 3.05) is 6.61 Å². The molecule has 0 bridgehead atoms. The van der Waals surface area contributed by atoms with Crippen molar-refractivity contribution in [2.45, 2.75) is 16.1 Å². The van der Waals surface area contributed by atoms with Crippen LogP contribution >= 0.6 is 23.2 Å². The Labute approximate surface area is 154 Å². The Morgan fingerprint density at radius 2 is 1.48 bits per heavy atom. The van der Waals surface area contributed by atoms with Crippen LogP contribution in [-0.4, -0.2) is 36.5 Å². The minimum atomic E-state index is -3.99. The molecular formula is C17H14Cl2O5S. The van der Waals surface area contributed by atoms with Crippen LogP contribution in [0.1, 0.15) is 11.5 Å². The topological polar surface area (TPSA) is 91.7 Å². The number of rotatable bonds is 5. The van der Waals surface area contributed by atoms with Crippen LogP contribution in [0.15, 0.2) is 53.4 Å². The van der Waals surface area contributed by atoms with E-state index in [1.807, 2.05) is 0 Å². The maximum atomic E-state index is 13.0. The third-order valence-electron chi connectivity index (χ3n) is 4.62. The smallest absolute Gasteiger partial charge is 0.314 e. The first-order valence-electron chi connectivity index (χ1n) is 7.34. The van der Waals surface area contributed by atoms with Crippen molar-refractivity contribution in [1.82, 2.24) is 0 Å². The summed E-state index contributed by atoms with van der Waals surface area (Å²) in [6.45, 7) is -0.785. The molecule has 0 radical (unpaired) electrons. The zero-order valence-corrected chi connectivity index (χ0v) is 15.1. The molecule has 0 aromatic heterocycles. The second-order valence-electron chi connectivity index (χ2n) is 5.95. The Balaban J connectivity index is 2.10. The molecule has 0 heterocycles. The molecule has 2 aromatic rings. The van der Waals surface area contributed by atoms with Crippen LogP contribution in [0, 0.1) is 5.41 Å². The fraction of sp³-hybridized carbons (Fsp3) is 0.235. The van der Waals surface area contributed by atoms with Gasteiger partial charge in [0.25, 0.3) is 0 Å². The lowest BCUT2D eigenvalue weighted by atomic mass is 10.0. The normalized spacial score (nSPS) is 25.6. The van der Waals surface area contributed by atoms with Gasteiger partial charge in [-0.1, -0.05) is 35.3 Å². The van der Waals surface area contributed by atoms with Crippen LogP contribution in [0.5, 0.6) is 0 Å². The molecule has 3 atom stereocenters. The molecule has 2 N–H and O–H groups in total. The van der Waals surface area contributed by atoms with Gasteiger partial charge in [0.1, 0.15) is 5.41 Å². The third-order valence-corrected chi connectivity index (χ3v) is 7.42. The summed E-state index contributed by atoms with van der Waals surface area (Å²) in [5, 5.41) is 18.9. The molecule has 0 saturated heterocycles. The molecule has 3 unspecified atom stereocenters. The fourth-order valence-electron chi connectivity index (χ4n) is 3.28. The highest BCUT2D eigenvalue weighted by Gasteiger charge is 2.75. The zero-order valence-electron chi connectivity index (χ0n) is 12.8. The fourth-order valence-corrected chi connectivity index (χ4v) is 5.90. The van der Waals surface area contributed by atoms with Gasteiger partial charge >= 0.3 is 5.97 Å². The van der Waals surface area contributed by atoms with Crippen molar-refractivity contribution >= 4 is 39.0 Å². The molecule has 8 heteroatoms. The number of aliphatic hydroxyl groups is 1. The molecule has 0 aliphatic heterocycles. The summed E-state index contributed by atoms with van der Waals surface area (Å²) >= 11 is 11.6. The number of benzene rings is 2. The van der Waals surface area contributed by atoms with E-state index in [0.29, 0.717) is 15.6 Å². The maximum absolute atomic E-state index is 13.0. The molecule has 1 aliphatic rings. The first-order chi connectivity index (χ1) is 11.7. The van der Waals surface area contributed by atoms with Gasteiger partial charge in [0.2, 0.25) is 0 Å². The Hall–Kier alpha value is -1.60. The number of sulfone groups is 1. The van der Waals surface area contributed by atoms with Gasteiger partial charge in [-0.15, -0.1) is 0 Å². The van der Waals surface area contributed by atoms with E-state index in [4.69, 9.17) is 23.2 Å². The van der Waals surface area contributed by atoms with E-state index in [1.54, 1.807) is 24.3 Å². The number of carboxylic acid groups (broad SMARTS) is 1. The van der Waals surface area contributed by atoms with Crippen LogP contribution in [-0.2, 0) is 14.6 Å². The summed E-state index contributed by atoms with van der Waals surface area (Å²) in [7, 11) is -3.99. The summed E-state index contributed by atoms with van der Waals surface area (Å²) in [6.07, 6.45) is 0. The molecule has 5 nitrogen and oxygen atoms in total. The molecule has 1 saturated carbocycles. The second-order valence-corrected chi connectivity index (χ2v) is 8.89. The molecule has 2 aromatic carbocycles. The summed E-state index contributed by atoms with van der Waals surface area (Å²) in [4.78, 5) is 11.8. The minimum absolute atomic E-state index is 0.0301. The zero-order chi connectivity index (χ0) is 18.4. The monoisotopic (exact) mass is 400 g/mol. The number of hydrogen-bond donors (Lipinski definition) is 2. The standard InChI is InChI=1S/C17H14Cl2O5S/c18-11-3-1-10(2-4-11)14-15(17(14,9-20)16(21)22)25(23,24)13-7-5-12(19)6-8-13/h1-8,14-15,20H,9H2,(H,21,22). The Morgan fingerprint density at radius 3 is 1.92 bits per heavy atom. The molecule has 132 valence electrons. The SMILES string of the molecule is O=C(O)C1(CO)C(c2ccc(Cl)cc2)C1S(=O)(=O)c1ccc(Cl)cc1. The van der Waals surface area contributed by atoms with Gasteiger partial charge in [-0.05, 0) is 42.0 Å². The Kier molecular flexibility index (Phi) is 4.58. The van der Waals surface area contributed by atoms with Crippen LogP contribution in [0.2, 0.25) is 10.0 Å². The second kappa shape index (κ2) is 6.29. The number of carboxylic acids is 1. The number of carbonyl (C=O) groups is 1. The lowest BCUT2D eigenvalue weighted by Gasteiger charge is -2.09. The largest absolute Gasteiger partial charge is 0.481 e. The molecule has 1 fully saturated rings. The van der Waals surface area contributed by atoms with Gasteiger partial charge in [0, 0.05) is 16.0 Å². The van der Waals surface area contributed by atoms with Gasteiger partial charge in [0.05, 0.1) is 16.8 Å². The highest BCUT2D eigenvalue weighted by molar-refractivity contribution is 7.92. The van der Waals surface area contributed by atoms with Crippen molar-refractivity contribution in [2.24, 2.45) is 5.41 Å². The molecule has 25 heavy (non-hydrogen) atoms. The van der Waals surface area contributed by atoms with Crippen molar-refractivity contribution in [3.05, 3.63) is 64.1 Å². The highest BCUT2D eigenvalue weighted by atomic mass is 35.5. The predicted molar refractivity (Wildman–Crippen MR) is 93.8 cm³/mol. The third kappa shape index (κ3) is 2.83. The van der Waals surface area contributed by atoms with E-state index in [9.17, 15) is 23.4 Å². The summed E-state index contributed by atoms with van der Waals surface area (Å²) < 4.78 is 26.0. The molecule has 3 rings (SSSR count). The van der Waals surface area contributed by atoms with Gasteiger partial charge in [0.15, 0.2) is 9.84 Å². The van der Waals surface area contributed by atoms with E-state index in [-0.39, 0.29) is 4.90 Å². The van der Waals surface area contributed by atoms with Crippen molar-refractivity contribution in [3.63, 3.8) is 0 Å². The molecular weight excluding hydrogens is 387 g/mol. The van der Waals surface area contributed by atoms with Crippen LogP contribution in [0.4, 0.5) is 0 Å². The summed E-state index contributed by atoms with van der Waals surface area (Å²) in [5.41, 5.74) is -1.28. The van der Waals surface area contributed by atoms with Crippen LogP contribution in [0.25, 0.3) is 0 Å². The lowest BCUT2D eigenvalue weighted by Crippen LogP contribution is -2.27. The number of hydrogen-bond acceptors (Lipinski definition) is 4. The molecule has 0 spiro atoms. The van der Waals surface area contributed by atoms with E-state index in [1.165, 1.54) is 24.3 Å². The van der Waals surface area contributed by atoms with Crippen molar-refractivity contribution < 1.29 is 23.4 Å². The van der Waals surface area contributed by atoms with Gasteiger partial charge in [-0.3, -0.25) is 4.79 Å². The molecule has 0 amide bonds. The van der Waals surface area contributed by atoms with Gasteiger partial charge in [-0.25, -0.2) is 8.42 Å². The quantitative estimate of drug-likeness (QED) is 0.804. The van der Waals surface area contributed by atoms with Crippen LogP contribution in [0.3, 0.4) is 0 Å². The first kappa shape index (κ1) is 18.2. The number of aliphatic hydroxyl groups excluding tert-OH is 1. The van der Waals surface area contributed by atoms with Crippen molar-refractivity contribution in [1.29, 1.82) is 0 Å². The van der Waals surface area contributed by atoms with Crippen LogP contribution < -0.4 is 0 Å². The van der Waals surface area contributed by atoms with Gasteiger partial charge in [-0.2, -0.15) is 0 Å². The minimum Gasteiger partial charge on any atom is -0.481 e. The molecule has 1 aliphatic carbocycles. The summed E-state index contributed by atoms with van der Waals surface area (Å²) in [5.74, 6) is -2.22. The predicted octanol–water partition coefficient (Wildman–Crippen LogP) is 3.00. The first-order valence-corrected chi connectivity index (χ1v) is 9.64.